The lowest BCUT2D eigenvalue weighted by atomic mass is 10.1. The van der Waals surface area contributed by atoms with E-state index in [-0.39, 0.29) is 17.9 Å². The second kappa shape index (κ2) is 6.81. The molecule has 0 aliphatic carbocycles. The number of carbonyl (C=O) groups is 2. The van der Waals surface area contributed by atoms with E-state index in [2.05, 4.69) is 22.2 Å². The van der Waals surface area contributed by atoms with E-state index in [1.54, 1.807) is 7.05 Å². The van der Waals surface area contributed by atoms with Crippen LogP contribution in [-0.4, -0.2) is 73.4 Å². The summed E-state index contributed by atoms with van der Waals surface area (Å²) in [5, 5.41) is 8.14. The molecule has 0 spiro atoms. The molecule has 1 N–H and O–H groups in total. The van der Waals surface area contributed by atoms with Gasteiger partial charge >= 0.3 is 0 Å². The van der Waals surface area contributed by atoms with Crippen LogP contribution in [0.2, 0.25) is 0 Å². The van der Waals surface area contributed by atoms with Crippen molar-refractivity contribution in [2.45, 2.75) is 25.8 Å². The number of nitrogens with one attached hydrogen (secondary N) is 1. The van der Waals surface area contributed by atoms with Crippen LogP contribution in [-0.2, 0) is 14.3 Å². The number of nitrogens with zero attached hydrogens (tertiary/aromatic N) is 3. The highest BCUT2D eigenvalue weighted by Gasteiger charge is 2.23. The van der Waals surface area contributed by atoms with Crippen LogP contribution >= 0.6 is 0 Å². The maximum atomic E-state index is 12.0. The third-order valence-corrected chi connectivity index (χ3v) is 3.70. The minimum Gasteiger partial charge on any atom is -0.379 e. The number of hydrogen-bond donors (Lipinski definition) is 1. The Morgan fingerprint density at radius 1 is 1.40 bits per heavy atom. The average molecular weight is 282 g/mol. The Balaban J connectivity index is 1.80. The first-order valence-electron chi connectivity index (χ1n) is 7.02. The van der Waals surface area contributed by atoms with Crippen molar-refractivity contribution >= 4 is 17.5 Å². The summed E-state index contributed by atoms with van der Waals surface area (Å²) in [5.74, 6) is -0.229. The molecule has 1 atom stereocenters. The van der Waals surface area contributed by atoms with E-state index in [0.717, 1.165) is 26.3 Å². The smallest absolute Gasteiger partial charge is 0.267 e. The highest BCUT2D eigenvalue weighted by Crippen LogP contribution is 2.07. The van der Waals surface area contributed by atoms with E-state index in [4.69, 9.17) is 4.74 Å². The van der Waals surface area contributed by atoms with Gasteiger partial charge in [-0.25, -0.2) is 5.01 Å². The number of rotatable bonds is 4. The summed E-state index contributed by atoms with van der Waals surface area (Å²) >= 11 is 0. The SMILES string of the molecule is C[C@H](CNC(=O)C1=NN(C)C(=O)CC1)N1CCOCC1. The van der Waals surface area contributed by atoms with Gasteiger partial charge in [-0.05, 0) is 6.92 Å². The van der Waals surface area contributed by atoms with Gasteiger partial charge in [-0.3, -0.25) is 14.5 Å². The van der Waals surface area contributed by atoms with Gasteiger partial charge in [0, 0.05) is 45.6 Å². The maximum absolute atomic E-state index is 12.0. The van der Waals surface area contributed by atoms with Gasteiger partial charge in [-0.2, -0.15) is 5.10 Å². The van der Waals surface area contributed by atoms with Crippen LogP contribution in [0.3, 0.4) is 0 Å². The van der Waals surface area contributed by atoms with Crippen molar-refractivity contribution < 1.29 is 14.3 Å². The lowest BCUT2D eigenvalue weighted by Crippen LogP contribution is -2.48. The van der Waals surface area contributed by atoms with Gasteiger partial charge < -0.3 is 10.1 Å². The predicted octanol–water partition coefficient (Wildman–Crippen LogP) is -0.568. The molecule has 0 bridgehead atoms. The minimum absolute atomic E-state index is 0.0526. The molecule has 2 rings (SSSR count). The number of hydrogen-bond acceptors (Lipinski definition) is 5. The summed E-state index contributed by atoms with van der Waals surface area (Å²) in [7, 11) is 1.57. The quantitative estimate of drug-likeness (QED) is 0.749. The van der Waals surface area contributed by atoms with Crippen LogP contribution in [0.25, 0.3) is 0 Å². The van der Waals surface area contributed by atoms with Gasteiger partial charge in [0.05, 0.1) is 13.2 Å². The molecule has 0 aromatic carbocycles. The topological polar surface area (TPSA) is 74.2 Å². The van der Waals surface area contributed by atoms with Crippen LogP contribution in [0.5, 0.6) is 0 Å². The summed E-state index contributed by atoms with van der Waals surface area (Å²) in [6, 6.07) is 0.270. The van der Waals surface area contributed by atoms with E-state index in [1.165, 1.54) is 5.01 Å². The molecule has 1 fully saturated rings. The van der Waals surface area contributed by atoms with Crippen LogP contribution in [0.4, 0.5) is 0 Å². The fourth-order valence-corrected chi connectivity index (χ4v) is 2.32. The zero-order chi connectivity index (χ0) is 14.5. The number of amides is 2. The molecule has 7 nitrogen and oxygen atoms in total. The van der Waals surface area contributed by atoms with E-state index in [0.29, 0.717) is 25.1 Å². The summed E-state index contributed by atoms with van der Waals surface area (Å²) < 4.78 is 5.31. The van der Waals surface area contributed by atoms with Gasteiger partial charge in [0.15, 0.2) is 0 Å². The second-order valence-electron chi connectivity index (χ2n) is 5.17. The molecule has 1 saturated heterocycles. The van der Waals surface area contributed by atoms with Gasteiger partial charge in [-0.1, -0.05) is 0 Å². The van der Waals surface area contributed by atoms with Crippen molar-refractivity contribution in [2.24, 2.45) is 5.10 Å². The minimum atomic E-state index is -0.176. The van der Waals surface area contributed by atoms with E-state index in [1.807, 2.05) is 0 Å². The Bertz CT molecular complexity index is 404. The Labute approximate surface area is 118 Å². The zero-order valence-corrected chi connectivity index (χ0v) is 12.1. The predicted molar refractivity (Wildman–Crippen MR) is 74.3 cm³/mol. The van der Waals surface area contributed by atoms with Crippen molar-refractivity contribution in [3.63, 3.8) is 0 Å². The van der Waals surface area contributed by atoms with Gasteiger partial charge in [0.2, 0.25) is 5.91 Å². The fraction of sp³-hybridized carbons (Fsp3) is 0.769. The van der Waals surface area contributed by atoms with Crippen LogP contribution in [0.1, 0.15) is 19.8 Å². The third-order valence-electron chi connectivity index (χ3n) is 3.70. The molecule has 0 aromatic heterocycles. The Kier molecular flexibility index (Phi) is 5.08. The number of morpholine rings is 1. The van der Waals surface area contributed by atoms with E-state index in [9.17, 15) is 9.59 Å². The number of hydrazone groups is 1. The van der Waals surface area contributed by atoms with Gasteiger partial charge in [-0.15, -0.1) is 0 Å². The number of carbonyl (C=O) groups excluding carboxylic acids is 2. The molecule has 2 aliphatic heterocycles. The van der Waals surface area contributed by atoms with Crippen molar-refractivity contribution in [3.05, 3.63) is 0 Å². The van der Waals surface area contributed by atoms with E-state index >= 15 is 0 Å². The zero-order valence-electron chi connectivity index (χ0n) is 12.1. The number of ether oxygens (including phenoxy) is 1. The average Bonchev–Trinajstić information content (AvgIpc) is 2.48. The molecule has 0 aromatic rings. The summed E-state index contributed by atoms with van der Waals surface area (Å²) in [5.41, 5.74) is 0.432. The summed E-state index contributed by atoms with van der Waals surface area (Å²) in [4.78, 5) is 25.6. The maximum Gasteiger partial charge on any atom is 0.267 e. The third kappa shape index (κ3) is 3.77. The Hall–Kier alpha value is -1.47. The first-order valence-corrected chi connectivity index (χ1v) is 7.02. The molecule has 2 aliphatic rings. The molecular weight excluding hydrogens is 260 g/mol. The molecule has 2 heterocycles. The summed E-state index contributed by atoms with van der Waals surface area (Å²) in [6.07, 6.45) is 0.767. The monoisotopic (exact) mass is 282 g/mol. The molecular formula is C13H22N4O3. The first kappa shape index (κ1) is 14.9. The molecule has 20 heavy (non-hydrogen) atoms. The molecule has 7 heteroatoms. The Morgan fingerprint density at radius 3 is 2.75 bits per heavy atom. The molecule has 0 saturated carbocycles. The van der Waals surface area contributed by atoms with Gasteiger partial charge in [0.25, 0.3) is 5.91 Å². The standard InChI is InChI=1S/C13H22N4O3/c1-10(17-5-7-20-8-6-17)9-14-13(19)11-3-4-12(18)16(2)15-11/h10H,3-9H2,1-2H3,(H,14,19)/t10-/m1/s1. The van der Waals surface area contributed by atoms with Crippen LogP contribution < -0.4 is 5.32 Å². The van der Waals surface area contributed by atoms with Gasteiger partial charge in [0.1, 0.15) is 5.71 Å². The molecule has 0 radical (unpaired) electrons. The summed E-state index contributed by atoms with van der Waals surface area (Å²) in [6.45, 7) is 5.96. The normalized spacial score (nSPS) is 22.4. The van der Waals surface area contributed by atoms with Crippen molar-refractivity contribution in [3.8, 4) is 0 Å². The van der Waals surface area contributed by atoms with Crippen molar-refractivity contribution in [1.29, 1.82) is 0 Å². The lowest BCUT2D eigenvalue weighted by Gasteiger charge is -2.32. The highest BCUT2D eigenvalue weighted by atomic mass is 16.5. The van der Waals surface area contributed by atoms with Crippen molar-refractivity contribution in [1.82, 2.24) is 15.2 Å². The Morgan fingerprint density at radius 2 is 2.10 bits per heavy atom. The fourth-order valence-electron chi connectivity index (χ4n) is 2.32. The van der Waals surface area contributed by atoms with Crippen molar-refractivity contribution in [2.75, 3.05) is 39.9 Å². The molecule has 2 amide bonds. The first-order chi connectivity index (χ1) is 9.58. The lowest BCUT2D eigenvalue weighted by molar-refractivity contribution is -0.130. The molecule has 112 valence electrons. The second-order valence-corrected chi connectivity index (χ2v) is 5.17. The largest absolute Gasteiger partial charge is 0.379 e. The van der Waals surface area contributed by atoms with Crippen LogP contribution in [0, 0.1) is 0 Å². The van der Waals surface area contributed by atoms with E-state index < -0.39 is 0 Å². The van der Waals surface area contributed by atoms with Crippen LogP contribution in [0.15, 0.2) is 5.10 Å². The highest BCUT2D eigenvalue weighted by molar-refractivity contribution is 6.39. The molecule has 0 unspecified atom stereocenters.